The maximum absolute atomic E-state index is 13.1. The van der Waals surface area contributed by atoms with Crippen LogP contribution >= 0.6 is 0 Å². The number of piperazine rings is 1. The maximum Gasteiger partial charge on any atom is 0.123 e. The first-order valence-electron chi connectivity index (χ1n) is 6.87. The van der Waals surface area contributed by atoms with Gasteiger partial charge in [0.1, 0.15) is 5.82 Å². The lowest BCUT2D eigenvalue weighted by atomic mass is 9.94. The van der Waals surface area contributed by atoms with E-state index in [1.165, 1.54) is 12.1 Å². The summed E-state index contributed by atoms with van der Waals surface area (Å²) >= 11 is 0. The van der Waals surface area contributed by atoms with Crippen LogP contribution in [0.3, 0.4) is 0 Å². The van der Waals surface area contributed by atoms with E-state index < -0.39 is 0 Å². The van der Waals surface area contributed by atoms with Crippen molar-refractivity contribution in [2.45, 2.75) is 31.8 Å². The molecular weight excluding hydrogens is 241 g/mol. The van der Waals surface area contributed by atoms with Crippen LogP contribution in [0, 0.1) is 5.82 Å². The fourth-order valence-electron chi connectivity index (χ4n) is 2.70. The second-order valence-electron chi connectivity index (χ2n) is 6.03. The normalized spacial score (nSPS) is 23.6. The molecule has 4 heteroatoms. The molecule has 0 aliphatic carbocycles. The van der Waals surface area contributed by atoms with Crippen molar-refractivity contribution in [3.05, 3.63) is 30.1 Å². The molecule has 1 aliphatic heterocycles. The van der Waals surface area contributed by atoms with Crippen molar-refractivity contribution in [2.75, 3.05) is 31.6 Å². The maximum atomic E-state index is 13.1. The second-order valence-corrected chi connectivity index (χ2v) is 6.03. The summed E-state index contributed by atoms with van der Waals surface area (Å²) in [5.41, 5.74) is 6.93. The number of benzene rings is 1. The zero-order valence-electron chi connectivity index (χ0n) is 12.1. The summed E-state index contributed by atoms with van der Waals surface area (Å²) in [6, 6.07) is 7.18. The molecule has 19 heavy (non-hydrogen) atoms. The van der Waals surface area contributed by atoms with Gasteiger partial charge in [-0.05, 0) is 58.1 Å². The SMILES string of the molecule is CN1CC(CCN)N(c2ccc(F)cc2)CC1(C)C. The van der Waals surface area contributed by atoms with Gasteiger partial charge in [0, 0.05) is 30.4 Å². The molecule has 0 bridgehead atoms. The number of nitrogens with two attached hydrogens (primary N) is 1. The zero-order chi connectivity index (χ0) is 14.0. The molecule has 0 radical (unpaired) electrons. The van der Waals surface area contributed by atoms with Crippen molar-refractivity contribution in [2.24, 2.45) is 5.73 Å². The summed E-state index contributed by atoms with van der Waals surface area (Å²) in [6.07, 6.45) is 0.956. The van der Waals surface area contributed by atoms with E-state index in [-0.39, 0.29) is 11.4 Å². The molecule has 1 fully saturated rings. The number of hydrogen-bond acceptors (Lipinski definition) is 3. The summed E-state index contributed by atoms with van der Waals surface area (Å²) in [6.45, 7) is 7.07. The number of likely N-dealkylation sites (N-methyl/N-ethyl adjacent to an activating group) is 1. The highest BCUT2D eigenvalue weighted by Gasteiger charge is 2.36. The molecule has 2 N–H and O–H groups in total. The summed E-state index contributed by atoms with van der Waals surface area (Å²) in [4.78, 5) is 4.75. The third-order valence-electron chi connectivity index (χ3n) is 4.17. The van der Waals surface area contributed by atoms with Gasteiger partial charge in [-0.15, -0.1) is 0 Å². The molecular formula is C15H24FN3. The van der Waals surface area contributed by atoms with E-state index in [1.54, 1.807) is 0 Å². The molecule has 0 amide bonds. The third kappa shape index (κ3) is 3.07. The minimum absolute atomic E-state index is 0.111. The van der Waals surface area contributed by atoms with E-state index in [0.29, 0.717) is 12.6 Å². The largest absolute Gasteiger partial charge is 0.365 e. The van der Waals surface area contributed by atoms with Crippen LogP contribution in [0.25, 0.3) is 0 Å². The van der Waals surface area contributed by atoms with Crippen LogP contribution in [0.5, 0.6) is 0 Å². The molecule has 0 aromatic heterocycles. The van der Waals surface area contributed by atoms with Gasteiger partial charge in [-0.1, -0.05) is 0 Å². The predicted octanol–water partition coefficient (Wildman–Crippen LogP) is 2.07. The Morgan fingerprint density at radius 3 is 2.53 bits per heavy atom. The molecule has 2 rings (SSSR count). The van der Waals surface area contributed by atoms with E-state index >= 15 is 0 Å². The Hall–Kier alpha value is -1.13. The molecule has 1 aromatic rings. The molecule has 3 nitrogen and oxygen atoms in total. The quantitative estimate of drug-likeness (QED) is 0.908. The highest BCUT2D eigenvalue weighted by molar-refractivity contribution is 5.48. The fraction of sp³-hybridized carbons (Fsp3) is 0.600. The minimum Gasteiger partial charge on any atom is -0.365 e. The molecule has 1 aliphatic rings. The molecule has 1 aromatic carbocycles. The van der Waals surface area contributed by atoms with Crippen molar-refractivity contribution < 1.29 is 4.39 Å². The first kappa shape index (κ1) is 14.3. The Balaban J connectivity index is 2.25. The molecule has 1 atom stereocenters. The summed E-state index contributed by atoms with van der Waals surface area (Å²) in [5, 5.41) is 0. The van der Waals surface area contributed by atoms with Crippen molar-refractivity contribution in [1.29, 1.82) is 0 Å². The van der Waals surface area contributed by atoms with Gasteiger partial charge in [0.2, 0.25) is 0 Å². The lowest BCUT2D eigenvalue weighted by molar-refractivity contribution is 0.113. The highest BCUT2D eigenvalue weighted by atomic mass is 19.1. The Labute approximate surface area is 115 Å². The van der Waals surface area contributed by atoms with Crippen LogP contribution in [-0.4, -0.2) is 43.2 Å². The highest BCUT2D eigenvalue weighted by Crippen LogP contribution is 2.29. The number of hydrogen-bond donors (Lipinski definition) is 1. The van der Waals surface area contributed by atoms with Gasteiger partial charge >= 0.3 is 0 Å². The summed E-state index contributed by atoms with van der Waals surface area (Å²) < 4.78 is 13.1. The van der Waals surface area contributed by atoms with Crippen molar-refractivity contribution in [3.8, 4) is 0 Å². The van der Waals surface area contributed by atoms with Gasteiger partial charge in [0.15, 0.2) is 0 Å². The topological polar surface area (TPSA) is 32.5 Å². The van der Waals surface area contributed by atoms with Crippen molar-refractivity contribution in [1.82, 2.24) is 4.90 Å². The molecule has 106 valence electrons. The first-order chi connectivity index (χ1) is 8.94. The molecule has 1 unspecified atom stereocenters. The lowest BCUT2D eigenvalue weighted by Crippen LogP contribution is -2.62. The van der Waals surface area contributed by atoms with Crippen LogP contribution < -0.4 is 10.6 Å². The van der Waals surface area contributed by atoms with E-state index in [9.17, 15) is 4.39 Å². The van der Waals surface area contributed by atoms with Crippen LogP contribution in [-0.2, 0) is 0 Å². The molecule has 0 spiro atoms. The van der Waals surface area contributed by atoms with Crippen LogP contribution in [0.15, 0.2) is 24.3 Å². The van der Waals surface area contributed by atoms with Gasteiger partial charge in [0.25, 0.3) is 0 Å². The molecule has 1 saturated heterocycles. The van der Waals surface area contributed by atoms with Gasteiger partial charge in [-0.25, -0.2) is 4.39 Å². The van der Waals surface area contributed by atoms with Gasteiger partial charge in [0.05, 0.1) is 0 Å². The standard InChI is InChI=1S/C15H24FN3/c1-15(2)11-19(13-6-4-12(16)5-7-13)14(8-9-17)10-18(15)3/h4-7,14H,8-11,17H2,1-3H3. The van der Waals surface area contributed by atoms with E-state index in [1.807, 2.05) is 12.1 Å². The second kappa shape index (κ2) is 5.47. The van der Waals surface area contributed by atoms with Crippen LogP contribution in [0.4, 0.5) is 10.1 Å². The number of halogens is 1. The van der Waals surface area contributed by atoms with Gasteiger partial charge < -0.3 is 10.6 Å². The Morgan fingerprint density at radius 1 is 1.32 bits per heavy atom. The number of nitrogens with zero attached hydrogens (tertiary/aromatic N) is 2. The lowest BCUT2D eigenvalue weighted by Gasteiger charge is -2.51. The minimum atomic E-state index is -0.187. The van der Waals surface area contributed by atoms with Gasteiger partial charge in [-0.3, -0.25) is 4.90 Å². The Kier molecular flexibility index (Phi) is 4.11. The number of anilines is 1. The average Bonchev–Trinajstić information content (AvgIpc) is 2.35. The van der Waals surface area contributed by atoms with E-state index in [4.69, 9.17) is 5.73 Å². The van der Waals surface area contributed by atoms with E-state index in [0.717, 1.165) is 25.2 Å². The summed E-state index contributed by atoms with van der Waals surface area (Å²) in [5.74, 6) is -0.187. The molecule has 1 heterocycles. The van der Waals surface area contributed by atoms with Crippen LogP contribution in [0.2, 0.25) is 0 Å². The third-order valence-corrected chi connectivity index (χ3v) is 4.17. The monoisotopic (exact) mass is 265 g/mol. The zero-order valence-corrected chi connectivity index (χ0v) is 12.1. The Morgan fingerprint density at radius 2 is 1.95 bits per heavy atom. The average molecular weight is 265 g/mol. The van der Waals surface area contributed by atoms with Crippen LogP contribution in [0.1, 0.15) is 20.3 Å². The summed E-state index contributed by atoms with van der Waals surface area (Å²) in [7, 11) is 2.16. The van der Waals surface area contributed by atoms with E-state index in [2.05, 4.69) is 30.7 Å². The van der Waals surface area contributed by atoms with Crippen molar-refractivity contribution >= 4 is 5.69 Å². The smallest absolute Gasteiger partial charge is 0.123 e. The van der Waals surface area contributed by atoms with Gasteiger partial charge in [-0.2, -0.15) is 0 Å². The number of rotatable bonds is 3. The van der Waals surface area contributed by atoms with Crippen molar-refractivity contribution in [3.63, 3.8) is 0 Å². The first-order valence-corrected chi connectivity index (χ1v) is 6.87. The Bertz CT molecular complexity index is 416. The molecule has 0 saturated carbocycles. The predicted molar refractivity (Wildman–Crippen MR) is 77.9 cm³/mol. The fourth-order valence-corrected chi connectivity index (χ4v) is 2.70.